The molecule has 16 heteroatoms. The standard InChI is InChI=1S/C60H112N4O9S.C3H7NO.C2H6/c1-5-9-13-17-19-27-36-51(34-25-15-11-7-3)58(68)71-45-31-23-21-29-42-64(43-30-22-24-32-46-72-59(69)52(35-26-16-12-8-4)37-28-20-18-14-10-6-2)44-47-73-60(70)53(61)40-41-55(65)63-54(49-74)57(50-38-33-39-50)62-48-56(66)67;1-2-3(4)5;1-2/h51-54,62,74H,5-49,61H2,1-4H3,(H,63,65)(H,66,67);2H2,1H3,(H2,4,5);1-2H3. The normalized spacial score (nSPS) is 13.3. The molecule has 0 spiro atoms. The second-order valence-corrected chi connectivity index (χ2v) is 22.6. The first-order valence-electron chi connectivity index (χ1n) is 33.1. The van der Waals surface area contributed by atoms with Crippen LogP contribution in [0.3, 0.4) is 0 Å². The molecule has 1 fully saturated rings. The van der Waals surface area contributed by atoms with Crippen molar-refractivity contribution in [3.8, 4) is 0 Å². The molecule has 0 aliphatic heterocycles. The van der Waals surface area contributed by atoms with Gasteiger partial charge in [-0.15, -0.1) is 0 Å². The molecule has 81 heavy (non-hydrogen) atoms. The monoisotopic (exact) mass is 1170 g/mol. The largest absolute Gasteiger partial charge is 0.480 e. The van der Waals surface area contributed by atoms with E-state index in [0.717, 1.165) is 141 Å². The molecule has 0 heterocycles. The summed E-state index contributed by atoms with van der Waals surface area (Å²) in [6, 6.07) is -1.42. The third-order valence-corrected chi connectivity index (χ3v) is 15.5. The molecule has 1 saturated carbocycles. The summed E-state index contributed by atoms with van der Waals surface area (Å²) < 4.78 is 17.4. The molecule has 4 unspecified atom stereocenters. The molecule has 1 rings (SSSR count). The lowest BCUT2D eigenvalue weighted by Crippen LogP contribution is -2.44. The van der Waals surface area contributed by atoms with Gasteiger partial charge in [0, 0.05) is 30.8 Å². The van der Waals surface area contributed by atoms with E-state index >= 15 is 0 Å². The van der Waals surface area contributed by atoms with Gasteiger partial charge in [-0.2, -0.15) is 12.6 Å². The van der Waals surface area contributed by atoms with Crippen LogP contribution in [0.15, 0.2) is 11.3 Å². The number of aliphatic carboxylic acids is 1. The van der Waals surface area contributed by atoms with Gasteiger partial charge in [-0.25, -0.2) is 0 Å². The number of ether oxygens (including phenoxy) is 3. The number of esters is 3. The van der Waals surface area contributed by atoms with Crippen molar-refractivity contribution in [1.29, 1.82) is 0 Å². The lowest BCUT2D eigenvalue weighted by Gasteiger charge is -2.28. The average Bonchev–Trinajstić information content (AvgIpc) is 3.47. The zero-order valence-corrected chi connectivity index (χ0v) is 53.9. The van der Waals surface area contributed by atoms with Crippen LogP contribution in [0, 0.1) is 11.8 Å². The van der Waals surface area contributed by atoms with E-state index in [-0.39, 0.29) is 61.6 Å². The van der Waals surface area contributed by atoms with Gasteiger partial charge >= 0.3 is 23.9 Å². The number of carbonyl (C=O) groups excluding carboxylic acids is 5. The van der Waals surface area contributed by atoms with Gasteiger partial charge in [0.1, 0.15) is 19.2 Å². The maximum atomic E-state index is 13.2. The maximum Gasteiger partial charge on any atom is 0.322 e. The Balaban J connectivity index is 0. The summed E-state index contributed by atoms with van der Waals surface area (Å²) in [6.07, 6.45) is 38.7. The van der Waals surface area contributed by atoms with E-state index < -0.39 is 24.0 Å². The highest BCUT2D eigenvalue weighted by Gasteiger charge is 2.25. The quantitative estimate of drug-likeness (QED) is 0.0144. The smallest absolute Gasteiger partial charge is 0.322 e. The van der Waals surface area contributed by atoms with Crippen LogP contribution in [-0.4, -0.2) is 110 Å². The summed E-state index contributed by atoms with van der Waals surface area (Å²) in [5, 5.41) is 15.1. The van der Waals surface area contributed by atoms with Crippen molar-refractivity contribution in [2.45, 2.75) is 305 Å². The first-order chi connectivity index (χ1) is 39.3. The molecule has 2 amide bonds. The summed E-state index contributed by atoms with van der Waals surface area (Å²) in [6.45, 7) is 17.8. The number of carbonyl (C=O) groups is 6. The van der Waals surface area contributed by atoms with Crippen LogP contribution in [0.4, 0.5) is 0 Å². The number of nitrogens with one attached hydrogen (secondary N) is 2. The number of rotatable bonds is 54. The first-order valence-corrected chi connectivity index (χ1v) is 33.7. The Labute approximate surface area is 500 Å². The highest BCUT2D eigenvalue weighted by atomic mass is 32.1. The van der Waals surface area contributed by atoms with E-state index in [1.807, 2.05) is 13.8 Å². The Morgan fingerprint density at radius 1 is 0.543 bits per heavy atom. The van der Waals surface area contributed by atoms with E-state index in [2.05, 4.69) is 61.6 Å². The number of hydrogen-bond acceptors (Lipinski definition) is 13. The van der Waals surface area contributed by atoms with Crippen molar-refractivity contribution in [3.05, 3.63) is 11.3 Å². The fourth-order valence-electron chi connectivity index (χ4n) is 9.79. The predicted molar refractivity (Wildman–Crippen MR) is 337 cm³/mol. The lowest BCUT2D eigenvalue weighted by molar-refractivity contribution is -0.150. The number of unbranched alkanes of at least 4 members (excludes halogenated alkanes) is 22. The van der Waals surface area contributed by atoms with Gasteiger partial charge in [-0.3, -0.25) is 33.7 Å². The van der Waals surface area contributed by atoms with Gasteiger partial charge in [0.05, 0.1) is 31.1 Å². The second kappa shape index (κ2) is 58.4. The zero-order chi connectivity index (χ0) is 60.6. The SMILES string of the molecule is CC.CCC(N)=O.CCCCCCCCC(CCCCCC)C(=O)OCCCCCCN(CCCCCCOC(=O)C(CCCCCC)CCCCCCCC)CCOC(=O)C(N)CCC(=O)NC(CS)C(NCC(=O)O)=C1CCC1. The molecule has 7 N–H and O–H groups in total. The molecule has 1 aliphatic carbocycles. The Hall–Kier alpha value is -3.37. The number of primary amides is 1. The zero-order valence-electron chi connectivity index (χ0n) is 53.0. The molecule has 0 aromatic rings. The molecular formula is C65H125N5O10S. The minimum absolute atomic E-state index is 0.0114. The molecule has 4 atom stereocenters. The number of nitrogens with zero attached hydrogens (tertiary/aromatic N) is 1. The number of carboxylic acids is 1. The van der Waals surface area contributed by atoms with Gasteiger partial charge in [0.15, 0.2) is 0 Å². The van der Waals surface area contributed by atoms with Crippen LogP contribution in [0.5, 0.6) is 0 Å². The Morgan fingerprint density at radius 3 is 1.31 bits per heavy atom. The molecule has 0 aromatic heterocycles. The van der Waals surface area contributed by atoms with Gasteiger partial charge in [-0.1, -0.05) is 203 Å². The lowest BCUT2D eigenvalue weighted by atomic mass is 9.88. The van der Waals surface area contributed by atoms with Crippen LogP contribution < -0.4 is 22.1 Å². The van der Waals surface area contributed by atoms with Crippen molar-refractivity contribution < 1.29 is 48.1 Å². The number of allylic oxidation sites excluding steroid dienone is 1. The van der Waals surface area contributed by atoms with Crippen molar-refractivity contribution in [1.82, 2.24) is 15.5 Å². The van der Waals surface area contributed by atoms with Gasteiger partial charge in [-0.05, 0) is 95.7 Å². The van der Waals surface area contributed by atoms with E-state index in [9.17, 15) is 33.9 Å². The number of hydrogen-bond donors (Lipinski definition) is 6. The highest BCUT2D eigenvalue weighted by molar-refractivity contribution is 7.80. The van der Waals surface area contributed by atoms with Crippen molar-refractivity contribution in [2.75, 3.05) is 51.8 Å². The third kappa shape index (κ3) is 47.7. The molecule has 1 aliphatic rings. The van der Waals surface area contributed by atoms with Crippen molar-refractivity contribution >= 4 is 48.3 Å². The highest BCUT2D eigenvalue weighted by Crippen LogP contribution is 2.29. The predicted octanol–water partition coefficient (Wildman–Crippen LogP) is 14.3. The van der Waals surface area contributed by atoms with E-state index in [0.29, 0.717) is 37.6 Å². The minimum Gasteiger partial charge on any atom is -0.480 e. The third-order valence-electron chi connectivity index (χ3n) is 15.1. The van der Waals surface area contributed by atoms with E-state index in [1.165, 1.54) is 103 Å². The summed E-state index contributed by atoms with van der Waals surface area (Å²) >= 11 is 4.42. The van der Waals surface area contributed by atoms with Crippen LogP contribution in [0.1, 0.15) is 292 Å². The van der Waals surface area contributed by atoms with E-state index in [1.54, 1.807) is 6.92 Å². The molecule has 0 saturated heterocycles. The second-order valence-electron chi connectivity index (χ2n) is 22.3. The molecular weight excluding hydrogens is 1040 g/mol. The van der Waals surface area contributed by atoms with Gasteiger partial charge < -0.3 is 41.4 Å². The van der Waals surface area contributed by atoms with E-state index in [4.69, 9.17) is 19.9 Å². The first kappa shape index (κ1) is 79.7. The minimum atomic E-state index is -0.984. The summed E-state index contributed by atoms with van der Waals surface area (Å²) in [5.74, 6) is -1.76. The maximum absolute atomic E-state index is 13.2. The van der Waals surface area contributed by atoms with Crippen LogP contribution in [-0.2, 0) is 43.0 Å². The fraction of sp³-hybridized carbons (Fsp3) is 0.877. The summed E-state index contributed by atoms with van der Waals surface area (Å²) in [5.41, 5.74) is 12.7. The Bertz CT molecular complexity index is 1520. The van der Waals surface area contributed by atoms with Gasteiger partial charge in [0.25, 0.3) is 0 Å². The Kier molecular flexibility index (Phi) is 57.5. The molecule has 476 valence electrons. The number of thiol groups is 1. The van der Waals surface area contributed by atoms with Crippen LogP contribution in [0.2, 0.25) is 0 Å². The van der Waals surface area contributed by atoms with Crippen molar-refractivity contribution in [3.63, 3.8) is 0 Å². The van der Waals surface area contributed by atoms with Crippen LogP contribution >= 0.6 is 12.6 Å². The molecule has 0 aromatic carbocycles. The fourth-order valence-corrected chi connectivity index (χ4v) is 10.1. The van der Waals surface area contributed by atoms with Gasteiger partial charge in [0.2, 0.25) is 11.8 Å². The summed E-state index contributed by atoms with van der Waals surface area (Å²) in [4.78, 5) is 75.5. The van der Waals surface area contributed by atoms with Crippen LogP contribution in [0.25, 0.3) is 0 Å². The summed E-state index contributed by atoms with van der Waals surface area (Å²) in [7, 11) is 0. The average molecular weight is 1170 g/mol. The van der Waals surface area contributed by atoms with Crippen molar-refractivity contribution in [2.24, 2.45) is 23.3 Å². The molecule has 0 bridgehead atoms. The molecule has 0 radical (unpaired) electrons. The number of amides is 2. The number of nitrogens with two attached hydrogens (primary N) is 2. The topological polar surface area (TPSA) is 230 Å². The Morgan fingerprint density at radius 2 is 0.926 bits per heavy atom. The molecule has 15 nitrogen and oxygen atoms in total. The number of carboxylic acid groups (broad SMARTS) is 1.